The van der Waals surface area contributed by atoms with Crippen molar-refractivity contribution in [1.82, 2.24) is 9.55 Å². The van der Waals surface area contributed by atoms with Crippen LogP contribution in [0.25, 0.3) is 49.7 Å². The molecule has 0 aliphatic rings. The number of imidazole rings is 1. The molecule has 6 rings (SSSR count). The van der Waals surface area contributed by atoms with Crippen LogP contribution in [0.1, 0.15) is 5.56 Å². The predicted molar refractivity (Wildman–Crippen MR) is 126 cm³/mol. The zero-order valence-corrected chi connectivity index (χ0v) is 16.7. The molecule has 0 N–H and O–H groups in total. The molecule has 0 amide bonds. The summed E-state index contributed by atoms with van der Waals surface area (Å²) in [5.41, 5.74) is 5.65. The Morgan fingerprint density at radius 3 is 2.23 bits per heavy atom. The molecule has 5 aromatic carbocycles. The van der Waals surface area contributed by atoms with Crippen LogP contribution in [-0.4, -0.2) is 9.55 Å². The first-order valence-electron chi connectivity index (χ1n) is 10.2. The highest BCUT2D eigenvalue weighted by atomic mass is 15.1. The minimum Gasteiger partial charge on any atom is -0.292 e. The molecular formula is C28H20N2. The summed E-state index contributed by atoms with van der Waals surface area (Å²) in [4.78, 5) is 5.02. The number of hydrogen-bond acceptors (Lipinski definition) is 1. The summed E-state index contributed by atoms with van der Waals surface area (Å²) in [5, 5.41) is 4.96. The van der Waals surface area contributed by atoms with Crippen LogP contribution in [0.2, 0.25) is 0 Å². The fraction of sp³-hybridized carbons (Fsp3) is 0.0357. The molecule has 0 spiro atoms. The van der Waals surface area contributed by atoms with Crippen molar-refractivity contribution in [2.24, 2.45) is 0 Å². The number of benzene rings is 5. The molecule has 6 aromatic rings. The quantitative estimate of drug-likeness (QED) is 0.306. The van der Waals surface area contributed by atoms with Gasteiger partial charge in [-0.2, -0.15) is 0 Å². The van der Waals surface area contributed by atoms with Crippen LogP contribution in [-0.2, 0) is 0 Å². The molecular weight excluding hydrogens is 364 g/mol. The molecule has 0 aliphatic heterocycles. The number of aromatic nitrogens is 2. The normalized spacial score (nSPS) is 11.5. The van der Waals surface area contributed by atoms with Gasteiger partial charge in [-0.15, -0.1) is 0 Å². The predicted octanol–water partition coefficient (Wildman–Crippen LogP) is 7.31. The van der Waals surface area contributed by atoms with Gasteiger partial charge in [-0.25, -0.2) is 4.98 Å². The Bertz CT molecular complexity index is 1560. The lowest BCUT2D eigenvalue weighted by atomic mass is 10.1. The van der Waals surface area contributed by atoms with Crippen LogP contribution < -0.4 is 0 Å². The highest BCUT2D eigenvalue weighted by Gasteiger charge is 2.15. The molecule has 2 heteroatoms. The topological polar surface area (TPSA) is 17.8 Å². The first kappa shape index (κ1) is 17.0. The number of hydrogen-bond donors (Lipinski definition) is 0. The van der Waals surface area contributed by atoms with Gasteiger partial charge in [0.1, 0.15) is 5.82 Å². The lowest BCUT2D eigenvalue weighted by Crippen LogP contribution is -1.97. The van der Waals surface area contributed by atoms with Gasteiger partial charge in [0.15, 0.2) is 0 Å². The summed E-state index contributed by atoms with van der Waals surface area (Å²) in [5.74, 6) is 0.966. The van der Waals surface area contributed by atoms with Crippen LogP contribution in [0.4, 0.5) is 0 Å². The molecule has 0 aliphatic carbocycles. The van der Waals surface area contributed by atoms with E-state index in [0.717, 1.165) is 28.1 Å². The molecule has 142 valence electrons. The third kappa shape index (κ3) is 2.69. The molecule has 0 radical (unpaired) electrons. The molecule has 0 bridgehead atoms. The van der Waals surface area contributed by atoms with Crippen LogP contribution in [0.5, 0.6) is 0 Å². The average Bonchev–Trinajstić information content (AvgIpc) is 3.18. The first-order chi connectivity index (χ1) is 14.8. The van der Waals surface area contributed by atoms with Crippen molar-refractivity contribution in [2.75, 3.05) is 0 Å². The zero-order chi connectivity index (χ0) is 20.1. The SMILES string of the molecule is Cc1ccc2cc(-n3c(-c4ccc5ccccc5c4)nc4ccccc43)ccc2c1. The molecule has 0 atom stereocenters. The molecule has 0 saturated carbocycles. The highest BCUT2D eigenvalue weighted by Crippen LogP contribution is 2.31. The van der Waals surface area contributed by atoms with E-state index in [2.05, 4.69) is 109 Å². The van der Waals surface area contributed by atoms with Crippen LogP contribution in [0, 0.1) is 6.92 Å². The molecule has 1 heterocycles. The summed E-state index contributed by atoms with van der Waals surface area (Å²) in [6, 6.07) is 36.7. The van der Waals surface area contributed by atoms with Crippen LogP contribution in [0.15, 0.2) is 103 Å². The van der Waals surface area contributed by atoms with Gasteiger partial charge in [0, 0.05) is 11.3 Å². The minimum atomic E-state index is 0.966. The third-order valence-electron chi connectivity index (χ3n) is 5.81. The summed E-state index contributed by atoms with van der Waals surface area (Å²) in [6.45, 7) is 2.13. The Labute approximate surface area is 175 Å². The van der Waals surface area contributed by atoms with E-state index in [9.17, 15) is 0 Å². The minimum absolute atomic E-state index is 0.966. The van der Waals surface area contributed by atoms with Gasteiger partial charge in [-0.3, -0.25) is 4.57 Å². The van der Waals surface area contributed by atoms with Crippen LogP contribution >= 0.6 is 0 Å². The Balaban J connectivity index is 1.64. The maximum absolute atomic E-state index is 5.02. The van der Waals surface area contributed by atoms with Crippen molar-refractivity contribution in [3.8, 4) is 17.1 Å². The van der Waals surface area contributed by atoms with E-state index >= 15 is 0 Å². The third-order valence-corrected chi connectivity index (χ3v) is 5.81. The Kier molecular flexibility index (Phi) is 3.72. The van der Waals surface area contributed by atoms with Crippen molar-refractivity contribution >= 4 is 32.6 Å². The van der Waals surface area contributed by atoms with Gasteiger partial charge < -0.3 is 0 Å². The number of nitrogens with zero attached hydrogens (tertiary/aromatic N) is 2. The van der Waals surface area contributed by atoms with E-state index in [-0.39, 0.29) is 0 Å². The van der Waals surface area contributed by atoms with Crippen molar-refractivity contribution in [3.63, 3.8) is 0 Å². The molecule has 2 nitrogen and oxygen atoms in total. The van der Waals surface area contributed by atoms with Gasteiger partial charge >= 0.3 is 0 Å². The highest BCUT2D eigenvalue weighted by molar-refractivity contribution is 5.91. The summed E-state index contributed by atoms with van der Waals surface area (Å²) >= 11 is 0. The van der Waals surface area contributed by atoms with Gasteiger partial charge in [0.05, 0.1) is 11.0 Å². The summed E-state index contributed by atoms with van der Waals surface area (Å²) < 4.78 is 2.28. The van der Waals surface area contributed by atoms with E-state index in [0.29, 0.717) is 0 Å². The van der Waals surface area contributed by atoms with E-state index in [1.54, 1.807) is 0 Å². The van der Waals surface area contributed by atoms with Gasteiger partial charge in [0.25, 0.3) is 0 Å². The maximum Gasteiger partial charge on any atom is 0.145 e. The smallest absolute Gasteiger partial charge is 0.145 e. The molecule has 30 heavy (non-hydrogen) atoms. The zero-order valence-electron chi connectivity index (χ0n) is 16.7. The standard InChI is InChI=1S/C28H20N2/c1-19-10-11-23-18-25(15-14-22(23)16-19)30-27-9-5-4-8-26(27)29-28(30)24-13-12-20-6-2-3-7-21(20)17-24/h2-18H,1H3. The Morgan fingerprint density at radius 2 is 1.30 bits per heavy atom. The van der Waals surface area contributed by atoms with E-state index in [1.165, 1.54) is 27.1 Å². The lowest BCUT2D eigenvalue weighted by molar-refractivity contribution is 1.11. The molecule has 0 fully saturated rings. The van der Waals surface area contributed by atoms with Crippen molar-refractivity contribution in [3.05, 3.63) is 109 Å². The number of fused-ring (bicyclic) bond motifs is 3. The average molecular weight is 384 g/mol. The van der Waals surface area contributed by atoms with Gasteiger partial charge in [-0.1, -0.05) is 78.4 Å². The van der Waals surface area contributed by atoms with Crippen LogP contribution in [0.3, 0.4) is 0 Å². The van der Waals surface area contributed by atoms with E-state index in [1.807, 2.05) is 6.07 Å². The molecule has 0 unspecified atom stereocenters. The van der Waals surface area contributed by atoms with Crippen molar-refractivity contribution in [1.29, 1.82) is 0 Å². The number of aryl methyl sites for hydroxylation is 1. The fourth-order valence-corrected chi connectivity index (χ4v) is 4.30. The van der Waals surface area contributed by atoms with Crippen molar-refractivity contribution < 1.29 is 0 Å². The first-order valence-corrected chi connectivity index (χ1v) is 10.2. The van der Waals surface area contributed by atoms with Crippen molar-refractivity contribution in [2.45, 2.75) is 6.92 Å². The molecule has 1 aromatic heterocycles. The second-order valence-corrected chi connectivity index (χ2v) is 7.86. The maximum atomic E-state index is 5.02. The van der Waals surface area contributed by atoms with E-state index < -0.39 is 0 Å². The molecule has 0 saturated heterocycles. The second-order valence-electron chi connectivity index (χ2n) is 7.86. The number of rotatable bonds is 2. The Morgan fingerprint density at radius 1 is 0.600 bits per heavy atom. The fourth-order valence-electron chi connectivity index (χ4n) is 4.30. The monoisotopic (exact) mass is 384 g/mol. The Hall–Kier alpha value is -3.91. The second kappa shape index (κ2) is 6.57. The van der Waals surface area contributed by atoms with Gasteiger partial charge in [-0.05, 0) is 58.8 Å². The van der Waals surface area contributed by atoms with Gasteiger partial charge in [0.2, 0.25) is 0 Å². The lowest BCUT2D eigenvalue weighted by Gasteiger charge is -2.12. The summed E-state index contributed by atoms with van der Waals surface area (Å²) in [6.07, 6.45) is 0. The van der Waals surface area contributed by atoms with E-state index in [4.69, 9.17) is 4.98 Å². The largest absolute Gasteiger partial charge is 0.292 e. The number of para-hydroxylation sites is 2. The summed E-state index contributed by atoms with van der Waals surface area (Å²) in [7, 11) is 0.